The number of aryl methyl sites for hydroxylation is 1. The second-order valence-electron chi connectivity index (χ2n) is 5.07. The maximum absolute atomic E-state index is 11.7. The molecule has 6 heteroatoms. The highest BCUT2D eigenvalue weighted by Gasteiger charge is 2.17. The smallest absolute Gasteiger partial charge is 0.309 e. The van der Waals surface area contributed by atoms with E-state index in [0.29, 0.717) is 17.9 Å². The first-order valence-corrected chi connectivity index (χ1v) is 6.61. The Balaban J connectivity index is 2.01. The highest BCUT2D eigenvalue weighted by Crippen LogP contribution is 2.28. The molecular formula is C13H19N3O3. The topological polar surface area (TPSA) is 95.1 Å². The zero-order valence-electron chi connectivity index (χ0n) is 11.0. The highest BCUT2D eigenvalue weighted by atomic mass is 16.4. The van der Waals surface area contributed by atoms with E-state index in [1.165, 1.54) is 19.3 Å². The van der Waals surface area contributed by atoms with Crippen LogP contribution in [0.2, 0.25) is 0 Å². The monoisotopic (exact) mass is 265 g/mol. The van der Waals surface area contributed by atoms with Crippen LogP contribution in [0.5, 0.6) is 0 Å². The quantitative estimate of drug-likeness (QED) is 0.720. The molecule has 0 atom stereocenters. The standard InChI is InChI=1S/C13H19N3O3/c1-8-10(7-11(17)18)16-12(13(19)15-8)14-6-5-9-3-2-4-9/h9H,2-7H2,1H3,(H,14,16)(H,15,19)(H,17,18). The maximum atomic E-state index is 11.7. The summed E-state index contributed by atoms with van der Waals surface area (Å²) in [6.07, 6.45) is 4.69. The third-order valence-electron chi connectivity index (χ3n) is 3.58. The van der Waals surface area contributed by atoms with Gasteiger partial charge in [-0.15, -0.1) is 0 Å². The fourth-order valence-electron chi connectivity index (χ4n) is 2.18. The lowest BCUT2D eigenvalue weighted by Crippen LogP contribution is -2.23. The molecule has 1 saturated carbocycles. The van der Waals surface area contributed by atoms with Gasteiger partial charge in [-0.1, -0.05) is 19.3 Å². The van der Waals surface area contributed by atoms with Gasteiger partial charge in [0.15, 0.2) is 5.82 Å². The van der Waals surface area contributed by atoms with Crippen molar-refractivity contribution in [3.05, 3.63) is 21.7 Å². The van der Waals surface area contributed by atoms with Crippen LogP contribution < -0.4 is 10.9 Å². The van der Waals surface area contributed by atoms with E-state index in [-0.39, 0.29) is 17.8 Å². The zero-order chi connectivity index (χ0) is 13.8. The van der Waals surface area contributed by atoms with Crippen LogP contribution in [0.3, 0.4) is 0 Å². The Kier molecular flexibility index (Phi) is 4.19. The van der Waals surface area contributed by atoms with Crippen molar-refractivity contribution in [2.24, 2.45) is 5.92 Å². The number of carbonyl (C=O) groups is 1. The number of hydrogen-bond acceptors (Lipinski definition) is 4. The molecule has 104 valence electrons. The Morgan fingerprint density at radius 3 is 2.84 bits per heavy atom. The van der Waals surface area contributed by atoms with Crippen molar-refractivity contribution in [2.75, 3.05) is 11.9 Å². The van der Waals surface area contributed by atoms with E-state index in [1.807, 2.05) is 0 Å². The van der Waals surface area contributed by atoms with Crippen LogP contribution in [0.25, 0.3) is 0 Å². The first-order valence-electron chi connectivity index (χ1n) is 6.61. The molecule has 1 heterocycles. The van der Waals surface area contributed by atoms with E-state index in [4.69, 9.17) is 5.11 Å². The summed E-state index contributed by atoms with van der Waals surface area (Å²) in [6.45, 7) is 2.36. The number of aliphatic carboxylic acids is 1. The summed E-state index contributed by atoms with van der Waals surface area (Å²) in [7, 11) is 0. The molecule has 1 fully saturated rings. The van der Waals surface area contributed by atoms with Crippen LogP contribution in [-0.2, 0) is 11.2 Å². The molecule has 0 amide bonds. The number of carboxylic acid groups (broad SMARTS) is 1. The molecule has 19 heavy (non-hydrogen) atoms. The van der Waals surface area contributed by atoms with Crippen molar-refractivity contribution < 1.29 is 9.90 Å². The lowest BCUT2D eigenvalue weighted by Gasteiger charge is -2.25. The largest absolute Gasteiger partial charge is 0.481 e. The van der Waals surface area contributed by atoms with Crippen LogP contribution in [-0.4, -0.2) is 27.6 Å². The van der Waals surface area contributed by atoms with Crippen LogP contribution >= 0.6 is 0 Å². The van der Waals surface area contributed by atoms with Gasteiger partial charge in [0, 0.05) is 12.2 Å². The van der Waals surface area contributed by atoms with Gasteiger partial charge in [-0.25, -0.2) is 4.98 Å². The number of rotatable bonds is 6. The Hall–Kier alpha value is -1.85. The van der Waals surface area contributed by atoms with Crippen LogP contribution in [0.1, 0.15) is 37.1 Å². The average Bonchev–Trinajstić information content (AvgIpc) is 2.27. The van der Waals surface area contributed by atoms with Gasteiger partial charge in [-0.2, -0.15) is 0 Å². The second-order valence-corrected chi connectivity index (χ2v) is 5.07. The minimum absolute atomic E-state index is 0.181. The fraction of sp³-hybridized carbons (Fsp3) is 0.615. The number of aromatic amines is 1. The number of aromatic nitrogens is 2. The summed E-state index contributed by atoms with van der Waals surface area (Å²) in [6, 6.07) is 0. The number of hydrogen-bond donors (Lipinski definition) is 3. The van der Waals surface area contributed by atoms with Gasteiger partial charge in [0.05, 0.1) is 12.1 Å². The maximum Gasteiger partial charge on any atom is 0.309 e. The Labute approximate surface area is 111 Å². The van der Waals surface area contributed by atoms with Gasteiger partial charge in [0.1, 0.15) is 0 Å². The third-order valence-corrected chi connectivity index (χ3v) is 3.58. The molecule has 1 aliphatic carbocycles. The molecule has 0 aromatic carbocycles. The van der Waals surface area contributed by atoms with Gasteiger partial charge in [-0.05, 0) is 19.3 Å². The summed E-state index contributed by atoms with van der Waals surface area (Å²) in [4.78, 5) is 29.2. The molecule has 0 aliphatic heterocycles. The lowest BCUT2D eigenvalue weighted by molar-refractivity contribution is -0.136. The van der Waals surface area contributed by atoms with Gasteiger partial charge < -0.3 is 15.4 Å². The lowest BCUT2D eigenvalue weighted by atomic mass is 9.83. The van der Waals surface area contributed by atoms with E-state index in [2.05, 4.69) is 15.3 Å². The molecule has 1 aliphatic rings. The highest BCUT2D eigenvalue weighted by molar-refractivity contribution is 5.70. The van der Waals surface area contributed by atoms with Crippen LogP contribution in [0, 0.1) is 12.8 Å². The second kappa shape index (κ2) is 5.86. The number of H-pyrrole nitrogens is 1. The molecule has 1 aromatic heterocycles. The summed E-state index contributed by atoms with van der Waals surface area (Å²) >= 11 is 0. The minimum Gasteiger partial charge on any atom is -0.481 e. The Morgan fingerprint density at radius 2 is 2.26 bits per heavy atom. The van der Waals surface area contributed by atoms with Gasteiger partial charge >= 0.3 is 5.97 Å². The van der Waals surface area contributed by atoms with E-state index in [0.717, 1.165) is 12.3 Å². The molecule has 3 N–H and O–H groups in total. The molecule has 0 bridgehead atoms. The normalized spacial score (nSPS) is 15.0. The number of anilines is 1. The van der Waals surface area contributed by atoms with Crippen molar-refractivity contribution in [3.8, 4) is 0 Å². The summed E-state index contributed by atoms with van der Waals surface area (Å²) in [5.41, 5.74) is 0.621. The van der Waals surface area contributed by atoms with Crippen molar-refractivity contribution in [3.63, 3.8) is 0 Å². The van der Waals surface area contributed by atoms with E-state index < -0.39 is 5.97 Å². The van der Waals surface area contributed by atoms with Gasteiger partial charge in [0.25, 0.3) is 5.56 Å². The molecule has 0 unspecified atom stereocenters. The number of nitrogens with one attached hydrogen (secondary N) is 2. The van der Waals surface area contributed by atoms with Crippen molar-refractivity contribution in [1.29, 1.82) is 0 Å². The Bertz CT molecular complexity index is 520. The fourth-order valence-corrected chi connectivity index (χ4v) is 2.18. The summed E-state index contributed by atoms with van der Waals surface area (Å²) in [5, 5.41) is 11.8. The first-order chi connectivity index (χ1) is 9.06. The molecule has 6 nitrogen and oxygen atoms in total. The molecule has 2 rings (SSSR count). The van der Waals surface area contributed by atoms with Crippen LogP contribution in [0.15, 0.2) is 4.79 Å². The molecule has 0 saturated heterocycles. The number of nitrogens with zero attached hydrogens (tertiary/aromatic N) is 1. The van der Waals surface area contributed by atoms with E-state index >= 15 is 0 Å². The first kappa shape index (κ1) is 13.6. The molecule has 0 radical (unpaired) electrons. The van der Waals surface area contributed by atoms with Crippen LogP contribution in [0.4, 0.5) is 5.82 Å². The zero-order valence-corrected chi connectivity index (χ0v) is 11.0. The van der Waals surface area contributed by atoms with Crippen molar-refractivity contribution >= 4 is 11.8 Å². The minimum atomic E-state index is -0.955. The molecular weight excluding hydrogens is 246 g/mol. The SMILES string of the molecule is Cc1[nH]c(=O)c(NCCC2CCC2)nc1CC(=O)O. The molecule has 0 spiro atoms. The third kappa shape index (κ3) is 3.56. The number of carboxylic acids is 1. The average molecular weight is 265 g/mol. The summed E-state index contributed by atoms with van der Waals surface area (Å²) in [5.74, 6) is 0.0276. The van der Waals surface area contributed by atoms with E-state index in [9.17, 15) is 9.59 Å². The van der Waals surface area contributed by atoms with Gasteiger partial charge in [0.2, 0.25) is 0 Å². The van der Waals surface area contributed by atoms with Crippen molar-refractivity contribution in [1.82, 2.24) is 9.97 Å². The predicted molar refractivity (Wildman–Crippen MR) is 71.4 cm³/mol. The van der Waals surface area contributed by atoms with E-state index in [1.54, 1.807) is 6.92 Å². The Morgan fingerprint density at radius 1 is 1.53 bits per heavy atom. The van der Waals surface area contributed by atoms with Gasteiger partial charge in [-0.3, -0.25) is 9.59 Å². The predicted octanol–water partition coefficient (Wildman–Crippen LogP) is 1.31. The summed E-state index contributed by atoms with van der Waals surface area (Å²) < 4.78 is 0. The molecule has 1 aromatic rings. The van der Waals surface area contributed by atoms with Crippen molar-refractivity contribution in [2.45, 2.75) is 39.0 Å².